The highest BCUT2D eigenvalue weighted by Crippen LogP contribution is 2.19. The first kappa shape index (κ1) is 21.1. The fourth-order valence-electron chi connectivity index (χ4n) is 4.04. The van der Waals surface area contributed by atoms with Crippen molar-refractivity contribution in [3.05, 3.63) is 65.4 Å². The fourth-order valence-corrected chi connectivity index (χ4v) is 4.04. The molecule has 2 N–H and O–H groups in total. The Labute approximate surface area is 181 Å². The minimum Gasteiger partial charge on any atom is -0.391 e. The maximum absolute atomic E-state index is 12.7. The van der Waals surface area contributed by atoms with Crippen LogP contribution in [0.1, 0.15) is 29.7 Å². The number of β-amino-alcohol motifs (C(OH)–C–C–N with tert-alkyl or cyclic N) is 1. The van der Waals surface area contributed by atoms with Crippen molar-refractivity contribution < 1.29 is 19.2 Å². The summed E-state index contributed by atoms with van der Waals surface area (Å²) in [5.41, 5.74) is 3.52. The number of amides is 2. The zero-order chi connectivity index (χ0) is 21.8. The summed E-state index contributed by atoms with van der Waals surface area (Å²) in [4.78, 5) is 26.9. The summed E-state index contributed by atoms with van der Waals surface area (Å²) in [5, 5.41) is 18.0. The van der Waals surface area contributed by atoms with Gasteiger partial charge < -0.3 is 19.8 Å². The van der Waals surface area contributed by atoms with Crippen molar-refractivity contribution in [2.75, 3.05) is 13.1 Å². The van der Waals surface area contributed by atoms with E-state index in [1.54, 1.807) is 11.0 Å². The van der Waals surface area contributed by atoms with Gasteiger partial charge in [0.1, 0.15) is 5.69 Å². The number of aliphatic hydroxyl groups excluding tert-OH is 1. The molecule has 3 aromatic rings. The van der Waals surface area contributed by atoms with Crippen LogP contribution in [0, 0.1) is 6.92 Å². The second-order valence-electron chi connectivity index (χ2n) is 8.24. The first-order chi connectivity index (χ1) is 15.0. The van der Waals surface area contributed by atoms with Crippen LogP contribution in [-0.4, -0.2) is 52.2 Å². The molecule has 4 rings (SSSR count). The van der Waals surface area contributed by atoms with Gasteiger partial charge in [0.05, 0.1) is 12.5 Å². The van der Waals surface area contributed by atoms with E-state index < -0.39 is 6.10 Å². The van der Waals surface area contributed by atoms with Gasteiger partial charge in [0.15, 0.2) is 5.58 Å². The lowest BCUT2D eigenvalue weighted by Crippen LogP contribution is -2.54. The second kappa shape index (κ2) is 9.31. The average Bonchev–Trinajstić information content (AvgIpc) is 3.15. The number of hydrogen-bond acceptors (Lipinski definition) is 5. The van der Waals surface area contributed by atoms with E-state index >= 15 is 0 Å². The molecule has 2 aromatic carbocycles. The number of benzene rings is 2. The number of piperidine rings is 1. The number of rotatable bonds is 6. The van der Waals surface area contributed by atoms with Gasteiger partial charge in [-0.25, -0.2) is 0 Å². The van der Waals surface area contributed by atoms with E-state index in [9.17, 15) is 14.7 Å². The number of aryl methyl sites for hydroxylation is 2. The smallest absolute Gasteiger partial charge is 0.226 e. The minimum absolute atomic E-state index is 0.0129. The van der Waals surface area contributed by atoms with Crippen molar-refractivity contribution >= 4 is 22.8 Å². The Morgan fingerprint density at radius 1 is 1.16 bits per heavy atom. The number of para-hydroxylation sites is 1. The first-order valence-corrected chi connectivity index (χ1v) is 10.6. The third kappa shape index (κ3) is 5.30. The van der Waals surface area contributed by atoms with E-state index in [0.717, 1.165) is 10.9 Å². The highest BCUT2D eigenvalue weighted by atomic mass is 16.5. The molecule has 0 bridgehead atoms. The Morgan fingerprint density at radius 3 is 2.74 bits per heavy atom. The summed E-state index contributed by atoms with van der Waals surface area (Å²) in [5.74, 6) is -0.216. The molecule has 1 aromatic heterocycles. The van der Waals surface area contributed by atoms with Gasteiger partial charge in [-0.2, -0.15) is 0 Å². The molecule has 2 amide bonds. The molecule has 2 atom stereocenters. The summed E-state index contributed by atoms with van der Waals surface area (Å²) in [6, 6.07) is 15.2. The molecule has 7 heteroatoms. The summed E-state index contributed by atoms with van der Waals surface area (Å²) in [6.07, 6.45) is 0.886. The van der Waals surface area contributed by atoms with E-state index in [0.29, 0.717) is 43.6 Å². The Morgan fingerprint density at radius 2 is 1.94 bits per heavy atom. The lowest BCUT2D eigenvalue weighted by atomic mass is 10.0. The maximum atomic E-state index is 12.7. The van der Waals surface area contributed by atoms with E-state index in [2.05, 4.69) is 10.5 Å². The Hall–Kier alpha value is -3.19. The summed E-state index contributed by atoms with van der Waals surface area (Å²) < 4.78 is 5.25. The van der Waals surface area contributed by atoms with Gasteiger partial charge in [0.25, 0.3) is 0 Å². The van der Waals surface area contributed by atoms with E-state index in [-0.39, 0.29) is 24.3 Å². The number of fused-ring (bicyclic) bond motifs is 1. The number of aliphatic hydroxyl groups is 1. The van der Waals surface area contributed by atoms with Gasteiger partial charge in [-0.15, -0.1) is 0 Å². The summed E-state index contributed by atoms with van der Waals surface area (Å²) in [6.45, 7) is 2.73. The van der Waals surface area contributed by atoms with E-state index in [4.69, 9.17) is 4.52 Å². The van der Waals surface area contributed by atoms with E-state index in [1.165, 1.54) is 5.56 Å². The second-order valence-corrected chi connectivity index (χ2v) is 8.24. The highest BCUT2D eigenvalue weighted by Gasteiger charge is 2.30. The predicted octanol–water partition coefficient (Wildman–Crippen LogP) is 2.39. The third-order valence-electron chi connectivity index (χ3n) is 5.67. The van der Waals surface area contributed by atoms with Crippen LogP contribution >= 0.6 is 0 Å². The SMILES string of the molecule is Cc1ccc(CCC(=O)N2C[C@H](O)C[C@H](NC(=O)Cc3noc4ccccc34)C2)cc1. The van der Waals surface area contributed by atoms with Crippen LogP contribution in [0.5, 0.6) is 0 Å². The van der Waals surface area contributed by atoms with Crippen molar-refractivity contribution in [3.8, 4) is 0 Å². The van der Waals surface area contributed by atoms with Gasteiger partial charge in [-0.1, -0.05) is 47.1 Å². The number of likely N-dealkylation sites (tertiary alicyclic amines) is 1. The van der Waals surface area contributed by atoms with Gasteiger partial charge in [0.2, 0.25) is 11.8 Å². The van der Waals surface area contributed by atoms with Crippen molar-refractivity contribution in [1.82, 2.24) is 15.4 Å². The molecule has 1 fully saturated rings. The summed E-state index contributed by atoms with van der Waals surface area (Å²) >= 11 is 0. The molecule has 162 valence electrons. The number of aromatic nitrogens is 1. The highest BCUT2D eigenvalue weighted by molar-refractivity contribution is 5.86. The predicted molar refractivity (Wildman–Crippen MR) is 116 cm³/mol. The van der Waals surface area contributed by atoms with Crippen molar-refractivity contribution in [3.63, 3.8) is 0 Å². The van der Waals surface area contributed by atoms with Gasteiger partial charge in [0, 0.05) is 30.9 Å². The third-order valence-corrected chi connectivity index (χ3v) is 5.67. The number of carbonyl (C=O) groups excluding carboxylic acids is 2. The molecule has 0 aliphatic carbocycles. The zero-order valence-electron chi connectivity index (χ0n) is 17.6. The van der Waals surface area contributed by atoms with E-state index in [1.807, 2.05) is 49.4 Å². The van der Waals surface area contributed by atoms with Crippen molar-refractivity contribution in [2.45, 2.75) is 44.8 Å². The quantitative estimate of drug-likeness (QED) is 0.637. The van der Waals surface area contributed by atoms with Crippen molar-refractivity contribution in [2.24, 2.45) is 0 Å². The average molecular weight is 421 g/mol. The monoisotopic (exact) mass is 421 g/mol. The van der Waals surface area contributed by atoms with Crippen LogP contribution < -0.4 is 5.32 Å². The standard InChI is InChI=1S/C24H27N3O4/c1-16-6-8-17(9-7-16)10-11-24(30)27-14-18(12-19(28)15-27)25-23(29)13-21-20-4-2-3-5-22(20)31-26-21/h2-9,18-19,28H,10-15H2,1H3,(H,25,29)/t18-,19+/m0/s1. The van der Waals surface area contributed by atoms with Crippen LogP contribution in [-0.2, 0) is 22.4 Å². The van der Waals surface area contributed by atoms with Crippen LogP contribution in [0.15, 0.2) is 53.1 Å². The molecule has 1 saturated heterocycles. The molecule has 1 aliphatic rings. The molecule has 0 radical (unpaired) electrons. The normalized spacial score (nSPS) is 18.8. The van der Waals surface area contributed by atoms with Crippen LogP contribution in [0.2, 0.25) is 0 Å². The molecule has 31 heavy (non-hydrogen) atoms. The van der Waals surface area contributed by atoms with Crippen LogP contribution in [0.4, 0.5) is 0 Å². The number of nitrogens with zero attached hydrogens (tertiary/aromatic N) is 2. The van der Waals surface area contributed by atoms with Gasteiger partial charge in [-0.3, -0.25) is 9.59 Å². The topological polar surface area (TPSA) is 95.7 Å². The molecule has 0 spiro atoms. The number of nitrogens with one attached hydrogen (secondary N) is 1. The Bertz CT molecular complexity index is 1060. The molecule has 2 heterocycles. The molecule has 0 unspecified atom stereocenters. The fraction of sp³-hybridized carbons (Fsp3) is 0.375. The molecule has 7 nitrogen and oxygen atoms in total. The molecule has 0 saturated carbocycles. The largest absolute Gasteiger partial charge is 0.391 e. The lowest BCUT2D eigenvalue weighted by Gasteiger charge is -2.36. The molecular formula is C24H27N3O4. The van der Waals surface area contributed by atoms with Crippen molar-refractivity contribution in [1.29, 1.82) is 0 Å². The number of hydrogen-bond donors (Lipinski definition) is 2. The summed E-state index contributed by atoms with van der Waals surface area (Å²) in [7, 11) is 0. The Balaban J connectivity index is 1.32. The lowest BCUT2D eigenvalue weighted by molar-refractivity contribution is -0.136. The molecular weight excluding hydrogens is 394 g/mol. The maximum Gasteiger partial charge on any atom is 0.226 e. The zero-order valence-corrected chi connectivity index (χ0v) is 17.6. The Kier molecular flexibility index (Phi) is 6.32. The van der Waals surface area contributed by atoms with Gasteiger partial charge in [-0.05, 0) is 37.5 Å². The van der Waals surface area contributed by atoms with Gasteiger partial charge >= 0.3 is 0 Å². The minimum atomic E-state index is -0.657. The molecule has 1 aliphatic heterocycles. The van der Waals surface area contributed by atoms with Crippen LogP contribution in [0.25, 0.3) is 11.0 Å². The van der Waals surface area contributed by atoms with Crippen LogP contribution in [0.3, 0.4) is 0 Å². The first-order valence-electron chi connectivity index (χ1n) is 10.6. The number of carbonyl (C=O) groups is 2.